The molecule has 5 heteroatoms. The van der Waals surface area contributed by atoms with E-state index in [1.165, 1.54) is 0 Å². The molecule has 0 spiro atoms. The quantitative estimate of drug-likeness (QED) is 0.289. The van der Waals surface area contributed by atoms with E-state index in [0.29, 0.717) is 0 Å². The molecule has 0 bridgehead atoms. The minimum atomic E-state index is -1.82. The molecule has 7 heavy (non-hydrogen) atoms. The van der Waals surface area contributed by atoms with Crippen LogP contribution in [0.25, 0.3) is 0 Å². The van der Waals surface area contributed by atoms with Gasteiger partial charge in [-0.1, -0.05) is 18.0 Å². The Labute approximate surface area is 67.9 Å². The van der Waals surface area contributed by atoms with Gasteiger partial charge in [0.05, 0.1) is 0 Å². The molecule has 0 aliphatic rings. The Morgan fingerprint density at radius 1 is 1.71 bits per heavy atom. The van der Waals surface area contributed by atoms with Crippen molar-refractivity contribution >= 4 is 34.1 Å². The first kappa shape index (κ1) is 15.7. The molecule has 0 aliphatic heterocycles. The second-order valence-corrected chi connectivity index (χ2v) is 1.78. The van der Waals surface area contributed by atoms with Crippen molar-refractivity contribution in [1.29, 1.82) is 0 Å². The Kier molecular flexibility index (Phi) is 22.9. The third kappa shape index (κ3) is 19.1. The van der Waals surface area contributed by atoms with Gasteiger partial charge in [-0.3, -0.25) is 4.21 Å². The first-order valence-corrected chi connectivity index (χ1v) is 2.57. The van der Waals surface area contributed by atoms with Crippen LogP contribution in [0, 0.1) is 0 Å². The van der Waals surface area contributed by atoms with E-state index in [1.807, 2.05) is 0 Å². The van der Waals surface area contributed by atoms with Crippen molar-refractivity contribution < 1.29 is 21.2 Å². The fraction of sp³-hybridized carbons (Fsp3) is 1.00. The molecular formula is C2H5ClMgO2S. The Morgan fingerprint density at radius 2 is 1.86 bits per heavy atom. The molecule has 2 nitrogen and oxygen atoms in total. The van der Waals surface area contributed by atoms with Crippen molar-refractivity contribution in [3.05, 3.63) is 0 Å². The third-order valence-electron chi connectivity index (χ3n) is 0.236. The maximum atomic E-state index is 9.37. The number of hydrogen-bond donors (Lipinski definition) is 0. The number of halogens is 1. The van der Waals surface area contributed by atoms with Gasteiger partial charge >= 0.3 is 23.1 Å². The predicted octanol–water partition coefficient (Wildman–Crippen LogP) is -3.49. The van der Waals surface area contributed by atoms with Gasteiger partial charge in [0.2, 0.25) is 0 Å². The molecule has 0 aromatic heterocycles. The van der Waals surface area contributed by atoms with Crippen LogP contribution >= 0.6 is 0 Å². The van der Waals surface area contributed by atoms with E-state index in [2.05, 4.69) is 0 Å². The van der Waals surface area contributed by atoms with E-state index in [4.69, 9.17) is 0 Å². The van der Waals surface area contributed by atoms with Crippen LogP contribution in [0.1, 0.15) is 6.92 Å². The summed E-state index contributed by atoms with van der Waals surface area (Å²) >= 11 is -1.82. The first-order chi connectivity index (χ1) is 2.27. The fourth-order valence-electron chi connectivity index (χ4n) is 0. The smallest absolute Gasteiger partial charge is 1.00 e. The van der Waals surface area contributed by atoms with Crippen molar-refractivity contribution in [2.24, 2.45) is 0 Å². The average Bonchev–Trinajstić information content (AvgIpc) is 1.38. The molecule has 0 aromatic rings. The summed E-state index contributed by atoms with van der Waals surface area (Å²) in [5, 5.41) is 0. The molecule has 0 saturated carbocycles. The molecule has 0 rings (SSSR count). The van der Waals surface area contributed by atoms with Gasteiger partial charge < -0.3 is 17.0 Å². The third-order valence-corrected chi connectivity index (χ3v) is 0.707. The maximum absolute atomic E-state index is 9.37. The Bertz CT molecular complexity index is 51.0. The summed E-state index contributed by atoms with van der Waals surface area (Å²) in [6.07, 6.45) is 0. The van der Waals surface area contributed by atoms with Crippen LogP contribution < -0.4 is 12.4 Å². The van der Waals surface area contributed by atoms with E-state index in [0.717, 1.165) is 0 Å². The van der Waals surface area contributed by atoms with Gasteiger partial charge in [-0.05, 0) is 0 Å². The SMILES string of the molecule is CCS(=O)[O-].[Cl-].[Mg+2]. The molecule has 0 aromatic carbocycles. The summed E-state index contributed by atoms with van der Waals surface area (Å²) in [5.74, 6) is 0.222. The minimum Gasteiger partial charge on any atom is -1.00 e. The molecule has 1 unspecified atom stereocenters. The molecule has 1 atom stereocenters. The predicted molar refractivity (Wildman–Crippen MR) is 25.2 cm³/mol. The van der Waals surface area contributed by atoms with Crippen LogP contribution in [0.3, 0.4) is 0 Å². The van der Waals surface area contributed by atoms with Gasteiger partial charge in [0.15, 0.2) is 0 Å². The van der Waals surface area contributed by atoms with Gasteiger partial charge in [0.1, 0.15) is 0 Å². The van der Waals surface area contributed by atoms with Gasteiger partial charge in [-0.2, -0.15) is 0 Å². The molecule has 40 valence electrons. The Hall–Kier alpha value is 1.17. The van der Waals surface area contributed by atoms with Crippen molar-refractivity contribution in [2.75, 3.05) is 5.75 Å². The molecule has 0 heterocycles. The van der Waals surface area contributed by atoms with Gasteiger partial charge in [0.25, 0.3) is 0 Å². The largest absolute Gasteiger partial charge is 2.00 e. The van der Waals surface area contributed by atoms with Gasteiger partial charge in [0, 0.05) is 5.75 Å². The van der Waals surface area contributed by atoms with Crippen molar-refractivity contribution in [1.82, 2.24) is 0 Å². The zero-order valence-corrected chi connectivity index (χ0v) is 7.00. The van der Waals surface area contributed by atoms with E-state index < -0.39 is 11.1 Å². The first-order valence-electron chi connectivity index (χ1n) is 1.33. The van der Waals surface area contributed by atoms with Crippen LogP contribution in [0.4, 0.5) is 0 Å². The molecule has 0 radical (unpaired) electrons. The van der Waals surface area contributed by atoms with Gasteiger partial charge in [-0.15, -0.1) is 0 Å². The van der Waals surface area contributed by atoms with Crippen molar-refractivity contribution in [3.8, 4) is 0 Å². The van der Waals surface area contributed by atoms with Gasteiger partial charge in [-0.25, -0.2) is 0 Å². The van der Waals surface area contributed by atoms with Crippen molar-refractivity contribution in [3.63, 3.8) is 0 Å². The summed E-state index contributed by atoms with van der Waals surface area (Å²) in [7, 11) is 0. The molecule has 0 amide bonds. The molecular weight excluding hydrogens is 148 g/mol. The van der Waals surface area contributed by atoms with E-state index in [-0.39, 0.29) is 41.2 Å². The summed E-state index contributed by atoms with van der Waals surface area (Å²) in [6, 6.07) is 0. The average molecular weight is 153 g/mol. The summed E-state index contributed by atoms with van der Waals surface area (Å²) in [6.45, 7) is 1.59. The Balaban J connectivity index is -0.0000000800. The molecule has 0 aliphatic carbocycles. The van der Waals surface area contributed by atoms with Crippen LogP contribution in [0.5, 0.6) is 0 Å². The second kappa shape index (κ2) is 10.2. The van der Waals surface area contributed by atoms with E-state index in [1.54, 1.807) is 6.92 Å². The van der Waals surface area contributed by atoms with Crippen LogP contribution in [-0.2, 0) is 11.1 Å². The summed E-state index contributed by atoms with van der Waals surface area (Å²) < 4.78 is 18.7. The van der Waals surface area contributed by atoms with E-state index >= 15 is 0 Å². The van der Waals surface area contributed by atoms with E-state index in [9.17, 15) is 8.76 Å². The zero-order valence-electron chi connectivity index (χ0n) is 4.02. The number of rotatable bonds is 1. The molecule has 0 saturated heterocycles. The maximum Gasteiger partial charge on any atom is 2.00 e. The fourth-order valence-corrected chi connectivity index (χ4v) is 0. The monoisotopic (exact) mass is 152 g/mol. The van der Waals surface area contributed by atoms with Crippen molar-refractivity contribution in [2.45, 2.75) is 6.92 Å². The van der Waals surface area contributed by atoms with Crippen LogP contribution in [-0.4, -0.2) is 37.6 Å². The topological polar surface area (TPSA) is 40.1 Å². The zero-order chi connectivity index (χ0) is 4.28. The van der Waals surface area contributed by atoms with Crippen LogP contribution in [0.2, 0.25) is 0 Å². The summed E-state index contributed by atoms with van der Waals surface area (Å²) in [4.78, 5) is 0. The summed E-state index contributed by atoms with van der Waals surface area (Å²) in [5.41, 5.74) is 0. The standard InChI is InChI=1S/C2H6O2S.ClH.Mg/c1-2-5(3)4;;/h2H2,1H3,(H,3,4);1H;/q;;+2/p-2. The number of hydrogen-bond acceptors (Lipinski definition) is 2. The minimum absolute atomic E-state index is 0. The molecule has 0 fully saturated rings. The molecule has 0 N–H and O–H groups in total. The second-order valence-electron chi connectivity index (χ2n) is 0.592. The normalized spacial score (nSPS) is 10.6. The van der Waals surface area contributed by atoms with Crippen LogP contribution in [0.15, 0.2) is 0 Å². The Morgan fingerprint density at radius 3 is 1.86 bits per heavy atom.